The highest BCUT2D eigenvalue weighted by molar-refractivity contribution is 5.71. The van der Waals surface area contributed by atoms with E-state index in [-0.39, 0.29) is 6.61 Å². The number of hydrogen-bond acceptors (Lipinski definition) is 5. The van der Waals surface area contributed by atoms with Gasteiger partial charge in [-0.15, -0.1) is 0 Å². The Morgan fingerprint density at radius 2 is 1.47 bits per heavy atom. The average molecular weight is 461 g/mol. The lowest BCUT2D eigenvalue weighted by Gasteiger charge is -2.29. The molecule has 3 N–H and O–H groups in total. The molecule has 1 saturated heterocycles. The van der Waals surface area contributed by atoms with E-state index in [0.717, 1.165) is 16.7 Å². The first-order chi connectivity index (χ1) is 16.6. The second-order valence-electron chi connectivity index (χ2n) is 8.30. The zero-order valence-electron chi connectivity index (χ0n) is 18.7. The smallest absolute Gasteiger partial charge is 0.407 e. The number of benzene rings is 3. The van der Waals surface area contributed by atoms with Crippen molar-refractivity contribution in [3.63, 3.8) is 0 Å². The number of alkyl carbamates (subject to hydrolysis) is 2. The number of rotatable bonds is 9. The molecule has 3 aromatic rings. The minimum atomic E-state index is -1.16. The summed E-state index contributed by atoms with van der Waals surface area (Å²) in [5.41, 5.74) is 2.78. The van der Waals surface area contributed by atoms with Gasteiger partial charge in [0.2, 0.25) is 0 Å². The quantitative estimate of drug-likeness (QED) is 0.453. The van der Waals surface area contributed by atoms with E-state index in [9.17, 15) is 14.7 Å². The van der Waals surface area contributed by atoms with Gasteiger partial charge in [0, 0.05) is 0 Å². The number of hydrogen-bond donors (Lipinski definition) is 3. The van der Waals surface area contributed by atoms with E-state index in [1.165, 1.54) is 0 Å². The molecule has 4 rings (SSSR count). The summed E-state index contributed by atoms with van der Waals surface area (Å²) < 4.78 is 10.8. The van der Waals surface area contributed by atoms with Crippen LogP contribution >= 0.6 is 0 Å². The van der Waals surface area contributed by atoms with Crippen molar-refractivity contribution in [3.05, 3.63) is 108 Å². The summed E-state index contributed by atoms with van der Waals surface area (Å²) >= 11 is 0. The van der Waals surface area contributed by atoms with Crippen molar-refractivity contribution in [2.75, 3.05) is 0 Å². The number of nitrogens with one attached hydrogen (secondary N) is 2. The Kier molecular flexibility index (Phi) is 7.78. The molecule has 7 nitrogen and oxygen atoms in total. The lowest BCUT2D eigenvalue weighted by atomic mass is 9.92. The highest BCUT2D eigenvalue weighted by Crippen LogP contribution is 2.21. The van der Waals surface area contributed by atoms with Crippen molar-refractivity contribution in [1.82, 2.24) is 10.6 Å². The van der Waals surface area contributed by atoms with Crippen LogP contribution in [0.25, 0.3) is 0 Å². The lowest BCUT2D eigenvalue weighted by Crippen LogP contribution is -2.53. The van der Waals surface area contributed by atoms with Gasteiger partial charge >= 0.3 is 12.2 Å². The largest absolute Gasteiger partial charge is 0.445 e. The molecule has 1 heterocycles. The number of ether oxygens (including phenoxy) is 2. The average Bonchev–Trinajstić information content (AvgIpc) is 3.23. The zero-order valence-corrected chi connectivity index (χ0v) is 18.7. The monoisotopic (exact) mass is 460 g/mol. The molecule has 0 bridgehead atoms. The summed E-state index contributed by atoms with van der Waals surface area (Å²) in [6.07, 6.45) is -2.40. The second-order valence-corrected chi connectivity index (χ2v) is 8.30. The van der Waals surface area contributed by atoms with Crippen LogP contribution in [0, 0.1) is 0 Å². The van der Waals surface area contributed by atoms with E-state index < -0.39 is 36.5 Å². The van der Waals surface area contributed by atoms with E-state index >= 15 is 0 Å². The summed E-state index contributed by atoms with van der Waals surface area (Å²) in [6.45, 7) is 0.109. The van der Waals surface area contributed by atoms with E-state index in [0.29, 0.717) is 12.8 Å². The standard InChI is InChI=1S/C27H28N2O5/c30-24(25-23(29-27(32)34-25)17-20-12-6-2-7-13-20)22(16-19-10-4-1-5-11-19)28-26(31)33-18-21-14-8-3-9-15-21/h1-15,22-25,30H,16-18H2,(H,28,31)(H,29,32). The van der Waals surface area contributed by atoms with Crippen molar-refractivity contribution >= 4 is 12.2 Å². The number of aliphatic hydroxyl groups is 1. The van der Waals surface area contributed by atoms with Crippen LogP contribution in [-0.4, -0.2) is 41.6 Å². The summed E-state index contributed by atoms with van der Waals surface area (Å²) in [5, 5.41) is 16.9. The van der Waals surface area contributed by atoms with Crippen LogP contribution in [0.3, 0.4) is 0 Å². The van der Waals surface area contributed by atoms with Gasteiger partial charge in [0.15, 0.2) is 6.10 Å². The fourth-order valence-electron chi connectivity index (χ4n) is 4.09. The van der Waals surface area contributed by atoms with Gasteiger partial charge in [0.05, 0.1) is 12.1 Å². The number of carbonyl (C=O) groups is 2. The number of carbonyl (C=O) groups excluding carboxylic acids is 2. The maximum atomic E-state index is 12.6. The zero-order chi connectivity index (χ0) is 23.8. The Balaban J connectivity index is 1.47. The van der Waals surface area contributed by atoms with Crippen molar-refractivity contribution in [2.45, 2.75) is 43.7 Å². The van der Waals surface area contributed by atoms with E-state index in [4.69, 9.17) is 9.47 Å². The Hall–Kier alpha value is -3.84. The lowest BCUT2D eigenvalue weighted by molar-refractivity contribution is -0.00326. The Morgan fingerprint density at radius 3 is 2.09 bits per heavy atom. The van der Waals surface area contributed by atoms with Crippen LogP contribution in [-0.2, 0) is 28.9 Å². The van der Waals surface area contributed by atoms with Gasteiger partial charge in [-0.05, 0) is 29.5 Å². The van der Waals surface area contributed by atoms with Gasteiger partial charge in [-0.3, -0.25) is 0 Å². The molecule has 2 amide bonds. The molecule has 0 spiro atoms. The summed E-state index contributed by atoms with van der Waals surface area (Å²) in [4.78, 5) is 24.7. The predicted octanol–water partition coefficient (Wildman–Crippen LogP) is 3.60. The first kappa shape index (κ1) is 23.3. The number of cyclic esters (lactones) is 1. The van der Waals surface area contributed by atoms with Crippen molar-refractivity contribution in [2.24, 2.45) is 0 Å². The molecular formula is C27H28N2O5. The number of aliphatic hydroxyl groups excluding tert-OH is 1. The molecule has 1 aliphatic heterocycles. The third kappa shape index (κ3) is 6.36. The topological polar surface area (TPSA) is 96.9 Å². The Labute approximate surface area is 198 Å². The predicted molar refractivity (Wildman–Crippen MR) is 127 cm³/mol. The molecule has 4 atom stereocenters. The van der Waals surface area contributed by atoms with Gasteiger partial charge in [0.1, 0.15) is 12.7 Å². The van der Waals surface area contributed by atoms with Crippen molar-refractivity contribution < 1.29 is 24.2 Å². The first-order valence-corrected chi connectivity index (χ1v) is 11.3. The fourth-order valence-corrected chi connectivity index (χ4v) is 4.09. The van der Waals surface area contributed by atoms with Crippen LogP contribution in [0.2, 0.25) is 0 Å². The van der Waals surface area contributed by atoms with E-state index in [1.807, 2.05) is 91.0 Å². The van der Waals surface area contributed by atoms with Gasteiger partial charge in [-0.25, -0.2) is 9.59 Å². The van der Waals surface area contributed by atoms with Crippen LogP contribution in [0.1, 0.15) is 16.7 Å². The molecular weight excluding hydrogens is 432 g/mol. The highest BCUT2D eigenvalue weighted by Gasteiger charge is 2.42. The van der Waals surface area contributed by atoms with Crippen molar-refractivity contribution in [3.8, 4) is 0 Å². The van der Waals surface area contributed by atoms with Crippen LogP contribution < -0.4 is 10.6 Å². The third-order valence-electron chi connectivity index (χ3n) is 5.80. The van der Waals surface area contributed by atoms with Crippen molar-refractivity contribution in [1.29, 1.82) is 0 Å². The first-order valence-electron chi connectivity index (χ1n) is 11.3. The molecule has 176 valence electrons. The molecule has 7 heteroatoms. The molecule has 0 aliphatic carbocycles. The van der Waals surface area contributed by atoms with E-state index in [2.05, 4.69) is 10.6 Å². The molecule has 0 saturated carbocycles. The van der Waals surface area contributed by atoms with Crippen LogP contribution in [0.15, 0.2) is 91.0 Å². The molecule has 34 heavy (non-hydrogen) atoms. The van der Waals surface area contributed by atoms with Gasteiger partial charge in [0.25, 0.3) is 0 Å². The molecule has 1 fully saturated rings. The summed E-state index contributed by atoms with van der Waals surface area (Å²) in [7, 11) is 0. The highest BCUT2D eigenvalue weighted by atomic mass is 16.6. The molecule has 3 aromatic carbocycles. The van der Waals surface area contributed by atoms with Gasteiger partial charge < -0.3 is 25.2 Å². The van der Waals surface area contributed by atoms with Crippen LogP contribution in [0.4, 0.5) is 9.59 Å². The van der Waals surface area contributed by atoms with Crippen LogP contribution in [0.5, 0.6) is 0 Å². The van der Waals surface area contributed by atoms with E-state index in [1.54, 1.807) is 0 Å². The summed E-state index contributed by atoms with van der Waals surface area (Å²) in [5.74, 6) is 0. The molecule has 1 aliphatic rings. The minimum Gasteiger partial charge on any atom is -0.445 e. The summed E-state index contributed by atoms with van der Waals surface area (Å²) in [6, 6.07) is 27.3. The SMILES string of the molecule is O=C(NC(Cc1ccccc1)C(O)C1OC(=O)NC1Cc1ccccc1)OCc1ccccc1. The normalized spacial score (nSPS) is 18.9. The Morgan fingerprint density at radius 1 is 0.912 bits per heavy atom. The number of amides is 2. The van der Waals surface area contributed by atoms with Gasteiger partial charge in [-0.2, -0.15) is 0 Å². The maximum absolute atomic E-state index is 12.6. The molecule has 0 aromatic heterocycles. The molecule has 0 radical (unpaired) electrons. The minimum absolute atomic E-state index is 0.109. The van der Waals surface area contributed by atoms with Gasteiger partial charge in [-0.1, -0.05) is 91.0 Å². The second kappa shape index (κ2) is 11.3. The molecule has 4 unspecified atom stereocenters. The Bertz CT molecular complexity index is 1060. The third-order valence-corrected chi connectivity index (χ3v) is 5.80. The maximum Gasteiger partial charge on any atom is 0.407 e. The fraction of sp³-hybridized carbons (Fsp3) is 0.259.